The zero-order valence-electron chi connectivity index (χ0n) is 24.2. The summed E-state index contributed by atoms with van der Waals surface area (Å²) in [5, 5.41) is 3.73. The molecule has 0 aromatic heterocycles. The van der Waals surface area contributed by atoms with Gasteiger partial charge in [-0.15, -0.1) is 0 Å². The second kappa shape index (κ2) is 10.7. The first-order valence-corrected chi connectivity index (χ1v) is 15.7. The van der Waals surface area contributed by atoms with Crippen molar-refractivity contribution in [1.82, 2.24) is 5.32 Å². The Morgan fingerprint density at radius 3 is 2.34 bits per heavy atom. The third-order valence-electron chi connectivity index (χ3n) is 9.35. The third kappa shape index (κ3) is 4.66. The molecule has 1 spiro atoms. The van der Waals surface area contributed by atoms with Gasteiger partial charge in [0.05, 0.1) is 57.6 Å². The number of hydrogen-bond donors (Lipinski definition) is 1. The van der Waals surface area contributed by atoms with Crippen molar-refractivity contribution < 1.29 is 23.9 Å². The molecule has 7 rings (SSSR count). The van der Waals surface area contributed by atoms with Gasteiger partial charge in [-0.2, -0.15) is 0 Å². The van der Waals surface area contributed by atoms with Crippen LogP contribution in [-0.4, -0.2) is 55.7 Å². The summed E-state index contributed by atoms with van der Waals surface area (Å²) in [6.07, 6.45) is 2.86. The number of amides is 2. The van der Waals surface area contributed by atoms with Crippen LogP contribution >= 0.6 is 34.8 Å². The smallest absolute Gasteiger partial charge is 0.331 e. The number of halogens is 3. The second-order valence-electron chi connectivity index (χ2n) is 12.3. The number of nitrogens with one attached hydrogen (secondary N) is 1. The Morgan fingerprint density at radius 2 is 1.75 bits per heavy atom. The molecule has 2 bridgehead atoms. The maximum atomic E-state index is 13.6. The quantitative estimate of drug-likeness (QED) is 0.304. The van der Waals surface area contributed by atoms with E-state index in [1.54, 1.807) is 30.0 Å². The van der Waals surface area contributed by atoms with E-state index < -0.39 is 22.8 Å². The van der Waals surface area contributed by atoms with Crippen LogP contribution in [0.4, 0.5) is 17.1 Å². The number of anilines is 3. The van der Waals surface area contributed by atoms with Crippen molar-refractivity contribution in [2.24, 2.45) is 0 Å². The predicted molar refractivity (Wildman–Crippen MR) is 169 cm³/mol. The van der Waals surface area contributed by atoms with E-state index in [1.165, 1.54) is 7.11 Å². The minimum atomic E-state index is -1.44. The van der Waals surface area contributed by atoms with Gasteiger partial charge in [-0.3, -0.25) is 14.5 Å². The van der Waals surface area contributed by atoms with Crippen molar-refractivity contribution in [3.05, 3.63) is 86.4 Å². The number of morpholine rings is 1. The molecule has 3 aliphatic heterocycles. The lowest BCUT2D eigenvalue weighted by Gasteiger charge is -2.30. The van der Waals surface area contributed by atoms with Crippen molar-refractivity contribution in [3.63, 3.8) is 0 Å². The van der Waals surface area contributed by atoms with Crippen LogP contribution < -0.4 is 15.1 Å². The van der Waals surface area contributed by atoms with Crippen LogP contribution in [0.5, 0.6) is 0 Å². The van der Waals surface area contributed by atoms with E-state index in [0.29, 0.717) is 17.3 Å². The maximum absolute atomic E-state index is 13.6. The van der Waals surface area contributed by atoms with Crippen molar-refractivity contribution in [2.45, 2.75) is 55.7 Å². The minimum absolute atomic E-state index is 0.0188. The zero-order chi connectivity index (χ0) is 31.0. The molecule has 3 fully saturated rings. The highest BCUT2D eigenvalue weighted by atomic mass is 35.5. The van der Waals surface area contributed by atoms with Gasteiger partial charge < -0.3 is 19.7 Å². The molecule has 1 aliphatic carbocycles. The molecule has 3 aromatic rings. The Labute approximate surface area is 270 Å². The standard InChI is InChI=1S/C33H30Cl3N3O5/c1-32(31(42)43-2,37-29(40)27-25(35)13-20(14-26(27)36)38-16-22-12-21(38)17-44-22)15-18-6-8-19(9-7-18)39-28-23(4-3-5-24(28)34)33(10-11-33)30(39)41/h3-9,13-14,21-22H,10-12,15-17H2,1-2H3,(H,37,40)/t21?,22?,32-/m0/s1. The average molecular weight is 655 g/mol. The summed E-state index contributed by atoms with van der Waals surface area (Å²) >= 11 is 19.8. The van der Waals surface area contributed by atoms with E-state index in [4.69, 9.17) is 44.3 Å². The van der Waals surface area contributed by atoms with E-state index in [9.17, 15) is 14.4 Å². The number of benzene rings is 3. The second-order valence-corrected chi connectivity index (χ2v) is 13.5. The van der Waals surface area contributed by atoms with Gasteiger partial charge in [-0.05, 0) is 67.6 Å². The summed E-state index contributed by atoms with van der Waals surface area (Å²) < 4.78 is 10.8. The molecule has 1 N–H and O–H groups in total. The van der Waals surface area contributed by atoms with Crippen molar-refractivity contribution in [1.29, 1.82) is 0 Å². The molecular weight excluding hydrogens is 625 g/mol. The van der Waals surface area contributed by atoms with Crippen LogP contribution in [0.2, 0.25) is 15.1 Å². The fraction of sp³-hybridized carbons (Fsp3) is 0.364. The fourth-order valence-corrected chi connectivity index (χ4v) is 7.86. The number of carbonyl (C=O) groups excluding carboxylic acids is 3. The molecule has 228 valence electrons. The molecule has 11 heteroatoms. The highest BCUT2D eigenvalue weighted by molar-refractivity contribution is 6.40. The molecule has 2 amide bonds. The first-order valence-electron chi connectivity index (χ1n) is 14.6. The maximum Gasteiger partial charge on any atom is 0.331 e. The fourth-order valence-electron chi connectivity index (χ4n) is 6.95. The number of rotatable bonds is 7. The molecule has 2 unspecified atom stereocenters. The van der Waals surface area contributed by atoms with Crippen molar-refractivity contribution in [3.8, 4) is 0 Å². The van der Waals surface area contributed by atoms with Gasteiger partial charge in [0.15, 0.2) is 0 Å². The Bertz CT molecular complexity index is 1690. The normalized spacial score (nSPS) is 22.2. The van der Waals surface area contributed by atoms with Crippen molar-refractivity contribution >= 4 is 69.6 Å². The topological polar surface area (TPSA) is 88.2 Å². The lowest BCUT2D eigenvalue weighted by molar-refractivity contribution is -0.147. The number of carbonyl (C=O) groups is 3. The Balaban J connectivity index is 1.12. The Hall–Kier alpha value is -3.30. The summed E-state index contributed by atoms with van der Waals surface area (Å²) in [7, 11) is 1.27. The van der Waals surface area contributed by atoms with Crippen LogP contribution in [0.15, 0.2) is 54.6 Å². The zero-order valence-corrected chi connectivity index (χ0v) is 26.4. The minimum Gasteiger partial charge on any atom is -0.467 e. The third-order valence-corrected chi connectivity index (χ3v) is 10.3. The number of nitrogens with zero attached hydrogens (tertiary/aromatic N) is 2. The first kappa shape index (κ1) is 29.4. The van der Waals surface area contributed by atoms with E-state index in [2.05, 4.69) is 10.2 Å². The van der Waals surface area contributed by atoms with Crippen LogP contribution in [-0.2, 0) is 30.9 Å². The Morgan fingerprint density at radius 1 is 1.05 bits per heavy atom. The predicted octanol–water partition coefficient (Wildman–Crippen LogP) is 6.24. The summed E-state index contributed by atoms with van der Waals surface area (Å²) in [5.74, 6) is -1.20. The monoisotopic (exact) mass is 653 g/mol. The number of hydrogen-bond acceptors (Lipinski definition) is 6. The highest BCUT2D eigenvalue weighted by Gasteiger charge is 2.60. The molecule has 4 aliphatic rings. The van der Waals surface area contributed by atoms with Gasteiger partial charge in [0.2, 0.25) is 5.91 Å². The number of para-hydroxylation sites is 1. The summed E-state index contributed by atoms with van der Waals surface area (Å²) in [5.41, 5.74) is 2.09. The van der Waals surface area contributed by atoms with E-state index >= 15 is 0 Å². The number of methoxy groups -OCH3 is 1. The van der Waals surface area contributed by atoms with Gasteiger partial charge in [-0.25, -0.2) is 4.79 Å². The van der Waals surface area contributed by atoms with Crippen LogP contribution in [0.3, 0.4) is 0 Å². The summed E-state index contributed by atoms with van der Waals surface area (Å²) in [4.78, 5) is 44.0. The first-order chi connectivity index (χ1) is 21.0. The number of fused-ring (bicyclic) bond motifs is 4. The van der Waals surface area contributed by atoms with Crippen LogP contribution in [0, 0.1) is 0 Å². The average Bonchev–Trinajstić information content (AvgIpc) is 3.40. The van der Waals surface area contributed by atoms with Crippen molar-refractivity contribution in [2.75, 3.05) is 30.1 Å². The molecule has 0 radical (unpaired) electrons. The molecule has 3 heterocycles. The van der Waals surface area contributed by atoms with Gasteiger partial charge in [-0.1, -0.05) is 59.1 Å². The van der Waals surface area contributed by atoms with Gasteiger partial charge in [0, 0.05) is 24.3 Å². The SMILES string of the molecule is COC(=O)[C@](C)(Cc1ccc(N2C(=O)C3(CC3)c3cccc(Cl)c32)cc1)NC(=O)c1c(Cl)cc(N2CC3CC2CO3)cc1Cl. The lowest BCUT2D eigenvalue weighted by atomic mass is 9.92. The van der Waals surface area contributed by atoms with Crippen LogP contribution in [0.25, 0.3) is 0 Å². The van der Waals surface area contributed by atoms with E-state index in [-0.39, 0.29) is 40.1 Å². The van der Waals surface area contributed by atoms with Gasteiger partial charge in [0.1, 0.15) is 5.54 Å². The molecule has 8 nitrogen and oxygen atoms in total. The lowest BCUT2D eigenvalue weighted by Crippen LogP contribution is -2.54. The molecular formula is C33H30Cl3N3O5. The number of ether oxygens (including phenoxy) is 2. The van der Waals surface area contributed by atoms with Gasteiger partial charge in [0.25, 0.3) is 5.91 Å². The molecule has 2 saturated heterocycles. The summed E-state index contributed by atoms with van der Waals surface area (Å²) in [6, 6.07) is 16.7. The number of esters is 1. The Kier molecular flexibility index (Phi) is 7.12. The van der Waals surface area contributed by atoms with Gasteiger partial charge >= 0.3 is 5.97 Å². The largest absolute Gasteiger partial charge is 0.467 e. The van der Waals surface area contributed by atoms with E-state index in [1.807, 2.05) is 36.4 Å². The molecule has 3 atom stereocenters. The molecule has 44 heavy (non-hydrogen) atoms. The highest BCUT2D eigenvalue weighted by Crippen LogP contribution is 2.60. The van der Waals surface area contributed by atoms with Crippen LogP contribution in [0.1, 0.15) is 47.7 Å². The van der Waals surface area contributed by atoms with E-state index in [0.717, 1.165) is 48.3 Å². The molecule has 1 saturated carbocycles. The summed E-state index contributed by atoms with van der Waals surface area (Å²) in [6.45, 7) is 2.99. The molecule has 3 aromatic carbocycles.